The summed E-state index contributed by atoms with van der Waals surface area (Å²) in [6.07, 6.45) is 0.765. The third-order valence-electron chi connectivity index (χ3n) is 4.48. The molecule has 1 aliphatic rings. The van der Waals surface area contributed by atoms with E-state index in [0.717, 1.165) is 29.2 Å². The van der Waals surface area contributed by atoms with Crippen LogP contribution in [-0.2, 0) is 0 Å². The predicted molar refractivity (Wildman–Crippen MR) is 106 cm³/mol. The lowest BCUT2D eigenvalue weighted by Crippen LogP contribution is -1.95. The fourth-order valence-electron chi connectivity index (χ4n) is 3.09. The molecule has 3 aromatic carbocycles. The van der Waals surface area contributed by atoms with Crippen molar-refractivity contribution in [2.45, 2.75) is 20.3 Å². The summed E-state index contributed by atoms with van der Waals surface area (Å²) < 4.78 is 0. The maximum Gasteiger partial charge on any atom is 0.0633 e. The van der Waals surface area contributed by atoms with Crippen LogP contribution < -0.4 is 0 Å². The number of fused-ring (bicyclic) bond motifs is 1. The molecule has 0 fully saturated rings. The molecule has 0 bridgehead atoms. The lowest BCUT2D eigenvalue weighted by Gasteiger charge is -2.00. The molecule has 0 spiro atoms. The Labute approximate surface area is 148 Å². The molecule has 0 unspecified atom stereocenters. The van der Waals surface area contributed by atoms with Gasteiger partial charge in [-0.25, -0.2) is 0 Å². The van der Waals surface area contributed by atoms with Crippen LogP contribution in [0.3, 0.4) is 0 Å². The standard InChI is InChI=1S/C23H20N2/c1-16-7-11-18(12-8-16)24-22-15-23(21-6-4-3-5-20(21)22)25-19-13-9-17(2)10-14-19/h3-14H,15H2,1-2H3. The van der Waals surface area contributed by atoms with E-state index in [0.29, 0.717) is 0 Å². The van der Waals surface area contributed by atoms with Crippen LogP contribution in [0, 0.1) is 13.8 Å². The molecule has 0 saturated heterocycles. The van der Waals surface area contributed by atoms with Crippen molar-refractivity contribution in [1.82, 2.24) is 0 Å². The second-order valence-electron chi connectivity index (χ2n) is 6.51. The summed E-state index contributed by atoms with van der Waals surface area (Å²) in [5, 5.41) is 0. The van der Waals surface area contributed by atoms with Crippen LogP contribution in [0.25, 0.3) is 0 Å². The van der Waals surface area contributed by atoms with Crippen LogP contribution in [0.15, 0.2) is 82.8 Å². The molecular formula is C23H20N2. The van der Waals surface area contributed by atoms with E-state index in [1.807, 2.05) is 0 Å². The Morgan fingerprint density at radius 3 is 1.36 bits per heavy atom. The summed E-state index contributed by atoms with van der Waals surface area (Å²) in [6, 6.07) is 25.1. The minimum absolute atomic E-state index is 0.765. The van der Waals surface area contributed by atoms with Crippen LogP contribution in [0.4, 0.5) is 11.4 Å². The van der Waals surface area contributed by atoms with Crippen LogP contribution in [-0.4, -0.2) is 11.4 Å². The van der Waals surface area contributed by atoms with E-state index in [4.69, 9.17) is 9.98 Å². The van der Waals surface area contributed by atoms with Gasteiger partial charge >= 0.3 is 0 Å². The van der Waals surface area contributed by atoms with Gasteiger partial charge in [0.05, 0.1) is 22.8 Å². The molecule has 0 N–H and O–H groups in total. The highest BCUT2D eigenvalue weighted by Crippen LogP contribution is 2.28. The molecule has 122 valence electrons. The fourth-order valence-corrected chi connectivity index (χ4v) is 3.09. The fraction of sp³-hybridized carbons (Fsp3) is 0.130. The Balaban J connectivity index is 1.75. The molecule has 2 nitrogen and oxygen atoms in total. The molecule has 0 amide bonds. The first-order valence-electron chi connectivity index (χ1n) is 8.57. The highest BCUT2D eigenvalue weighted by molar-refractivity contribution is 6.28. The first-order chi connectivity index (χ1) is 12.2. The molecular weight excluding hydrogens is 304 g/mol. The third-order valence-corrected chi connectivity index (χ3v) is 4.48. The number of aliphatic imine (C=N–C) groups is 2. The van der Waals surface area contributed by atoms with E-state index in [-0.39, 0.29) is 0 Å². The number of aryl methyl sites for hydroxylation is 2. The van der Waals surface area contributed by atoms with Crippen molar-refractivity contribution in [3.63, 3.8) is 0 Å². The van der Waals surface area contributed by atoms with Crippen LogP contribution in [0.5, 0.6) is 0 Å². The summed E-state index contributed by atoms with van der Waals surface area (Å²) in [6.45, 7) is 4.18. The van der Waals surface area contributed by atoms with Gasteiger partial charge in [-0.1, -0.05) is 59.7 Å². The highest BCUT2D eigenvalue weighted by atomic mass is 14.8. The predicted octanol–water partition coefficient (Wildman–Crippen LogP) is 5.95. The van der Waals surface area contributed by atoms with E-state index >= 15 is 0 Å². The van der Waals surface area contributed by atoms with Gasteiger partial charge in [-0.15, -0.1) is 0 Å². The van der Waals surface area contributed by atoms with Crippen molar-refractivity contribution in [2.24, 2.45) is 9.98 Å². The minimum Gasteiger partial charge on any atom is -0.252 e. The maximum absolute atomic E-state index is 4.88. The highest BCUT2D eigenvalue weighted by Gasteiger charge is 2.23. The van der Waals surface area contributed by atoms with Gasteiger partial charge in [0.2, 0.25) is 0 Å². The Kier molecular flexibility index (Phi) is 4.02. The topological polar surface area (TPSA) is 24.7 Å². The molecule has 4 rings (SSSR count). The van der Waals surface area contributed by atoms with E-state index in [1.54, 1.807) is 0 Å². The summed E-state index contributed by atoms with van der Waals surface area (Å²) in [5.74, 6) is 0. The van der Waals surface area contributed by atoms with E-state index in [9.17, 15) is 0 Å². The molecule has 0 saturated carbocycles. The quantitative estimate of drug-likeness (QED) is 0.556. The molecule has 0 atom stereocenters. The number of nitrogens with zero attached hydrogens (tertiary/aromatic N) is 2. The molecule has 1 aliphatic carbocycles. The molecule has 0 heterocycles. The van der Waals surface area contributed by atoms with Crippen LogP contribution in [0.1, 0.15) is 28.7 Å². The van der Waals surface area contributed by atoms with Crippen molar-refractivity contribution in [3.05, 3.63) is 95.1 Å². The van der Waals surface area contributed by atoms with Gasteiger partial charge in [0.15, 0.2) is 0 Å². The van der Waals surface area contributed by atoms with Crippen molar-refractivity contribution >= 4 is 22.8 Å². The monoisotopic (exact) mass is 324 g/mol. The number of hydrogen-bond acceptors (Lipinski definition) is 2. The average molecular weight is 324 g/mol. The number of rotatable bonds is 2. The van der Waals surface area contributed by atoms with Gasteiger partial charge in [0.1, 0.15) is 0 Å². The van der Waals surface area contributed by atoms with Gasteiger partial charge in [-0.3, -0.25) is 9.98 Å². The van der Waals surface area contributed by atoms with Crippen LogP contribution >= 0.6 is 0 Å². The van der Waals surface area contributed by atoms with Gasteiger partial charge in [0, 0.05) is 17.5 Å². The van der Waals surface area contributed by atoms with Crippen molar-refractivity contribution in [3.8, 4) is 0 Å². The Bertz CT molecular complexity index is 881. The zero-order valence-electron chi connectivity index (χ0n) is 14.5. The third kappa shape index (κ3) is 3.29. The number of hydrogen-bond donors (Lipinski definition) is 0. The first kappa shape index (κ1) is 15.5. The summed E-state index contributed by atoms with van der Waals surface area (Å²) in [5.41, 5.74) is 9.03. The smallest absolute Gasteiger partial charge is 0.0633 e. The lowest BCUT2D eigenvalue weighted by molar-refractivity contribution is 1.40. The summed E-state index contributed by atoms with van der Waals surface area (Å²) in [7, 11) is 0. The van der Waals surface area contributed by atoms with Gasteiger partial charge in [0.25, 0.3) is 0 Å². The van der Waals surface area contributed by atoms with Crippen molar-refractivity contribution in [2.75, 3.05) is 0 Å². The molecule has 2 heteroatoms. The second kappa shape index (κ2) is 6.48. The largest absolute Gasteiger partial charge is 0.252 e. The minimum atomic E-state index is 0.765. The molecule has 25 heavy (non-hydrogen) atoms. The summed E-state index contributed by atoms with van der Waals surface area (Å²) >= 11 is 0. The van der Waals surface area contributed by atoms with Gasteiger partial charge in [-0.05, 0) is 38.1 Å². The Morgan fingerprint density at radius 1 is 0.560 bits per heavy atom. The Morgan fingerprint density at radius 2 is 0.960 bits per heavy atom. The van der Waals surface area contributed by atoms with E-state index in [1.165, 1.54) is 22.3 Å². The van der Waals surface area contributed by atoms with E-state index in [2.05, 4.69) is 86.6 Å². The zero-order chi connectivity index (χ0) is 17.2. The maximum atomic E-state index is 4.88. The average Bonchev–Trinajstić information content (AvgIpc) is 2.97. The van der Waals surface area contributed by atoms with Gasteiger partial charge < -0.3 is 0 Å². The first-order valence-corrected chi connectivity index (χ1v) is 8.57. The molecule has 0 radical (unpaired) electrons. The van der Waals surface area contributed by atoms with Gasteiger partial charge in [-0.2, -0.15) is 0 Å². The molecule has 3 aromatic rings. The zero-order valence-corrected chi connectivity index (χ0v) is 14.5. The Hall–Kier alpha value is -3.00. The van der Waals surface area contributed by atoms with Crippen molar-refractivity contribution < 1.29 is 0 Å². The van der Waals surface area contributed by atoms with E-state index < -0.39 is 0 Å². The molecule has 0 aromatic heterocycles. The number of benzene rings is 3. The normalized spacial score (nSPS) is 16.4. The lowest BCUT2D eigenvalue weighted by atomic mass is 10.1. The van der Waals surface area contributed by atoms with Crippen LogP contribution in [0.2, 0.25) is 0 Å². The van der Waals surface area contributed by atoms with Crippen molar-refractivity contribution in [1.29, 1.82) is 0 Å². The molecule has 0 aliphatic heterocycles. The summed E-state index contributed by atoms with van der Waals surface area (Å²) in [4.78, 5) is 9.76. The second-order valence-corrected chi connectivity index (χ2v) is 6.51. The SMILES string of the molecule is Cc1ccc(N=C2CC(=Nc3ccc(C)cc3)c3ccccc32)cc1.